The number of ketones is 2. The second-order valence-corrected chi connectivity index (χ2v) is 28.7. The number of esters is 5. The summed E-state index contributed by atoms with van der Waals surface area (Å²) < 4.78 is 79.0. The summed E-state index contributed by atoms with van der Waals surface area (Å²) in [5.41, 5.74) is -5.33. The minimum absolute atomic E-state index is 0.0286. The summed E-state index contributed by atoms with van der Waals surface area (Å²) in [6, 6.07) is 14.3. The summed E-state index contributed by atoms with van der Waals surface area (Å²) >= 11 is 0. The van der Waals surface area contributed by atoms with Crippen LogP contribution in [0.3, 0.4) is 0 Å². The lowest BCUT2D eigenvalue weighted by Gasteiger charge is -2.57. The molecular formula is C58H80N2O26Si. The Bertz CT molecular complexity index is 2770. The Morgan fingerprint density at radius 3 is 1.93 bits per heavy atom. The van der Waals surface area contributed by atoms with Crippen LogP contribution in [-0.2, 0) is 118 Å². The number of aliphatic hydroxyl groups is 4. The average molecular weight is 1250 g/mol. The van der Waals surface area contributed by atoms with Crippen LogP contribution < -0.4 is 10.6 Å². The Balaban J connectivity index is 1.54. The molecule has 6 rings (SSSR count). The number of carbonyl (C=O) groups excluding carboxylic acids is 9. The molecule has 2 amide bonds. The van der Waals surface area contributed by atoms with Gasteiger partial charge in [-0.05, 0) is 31.0 Å². The van der Waals surface area contributed by atoms with Crippen molar-refractivity contribution in [2.45, 2.75) is 202 Å². The molecule has 6 N–H and O–H groups in total. The maximum absolute atomic E-state index is 15.0. The molecule has 1 spiro atoms. The fourth-order valence-electron chi connectivity index (χ4n) is 10.9. The Hall–Kier alpha value is -6.19. The first-order chi connectivity index (χ1) is 40.8. The van der Waals surface area contributed by atoms with Crippen molar-refractivity contribution < 1.29 is 125 Å². The van der Waals surface area contributed by atoms with Crippen molar-refractivity contribution in [2.24, 2.45) is 0 Å². The number of benzene rings is 2. The van der Waals surface area contributed by atoms with E-state index in [2.05, 4.69) is 30.3 Å². The highest BCUT2D eigenvalue weighted by molar-refractivity contribution is 6.76. The molecule has 0 saturated carbocycles. The number of cyclic esters (lactones) is 1. The average Bonchev–Trinajstić information content (AvgIpc) is 0.750. The van der Waals surface area contributed by atoms with Crippen LogP contribution in [0.5, 0.6) is 0 Å². The monoisotopic (exact) mass is 1250 g/mol. The summed E-state index contributed by atoms with van der Waals surface area (Å²) in [7, 11) is -0.971. The van der Waals surface area contributed by atoms with E-state index in [1.807, 2.05) is 6.07 Å². The first-order valence-corrected chi connectivity index (χ1v) is 31.9. The van der Waals surface area contributed by atoms with Crippen molar-refractivity contribution >= 4 is 61.3 Å². The van der Waals surface area contributed by atoms with Gasteiger partial charge in [-0.15, -0.1) is 0 Å². The SMILES string of the molecule is COC(=O)[C@@]1(O[C@H]2[C@@H](O)[C@@H](COCc3ccccc3)O[C@@H](OCC[Si](C)(C)C)[C@@H]2OCc2ccccc2)C[C@@](O)(C(C)=O)[C@@H](NC(C)=O)[C@H]([C@@](O)(C(C)=O)[C@H]2COC(=O)C3(C[C@H](OC(C)=O)[C@@H](NC(C)=O)[C@H]([C@H](OC(C)=O)[C@@H](CO)OC(C)=O)O3)O2)O1. The van der Waals surface area contributed by atoms with Gasteiger partial charge in [0.15, 0.2) is 41.3 Å². The molecule has 4 saturated heterocycles. The third-order valence-electron chi connectivity index (χ3n) is 15.1. The van der Waals surface area contributed by atoms with Gasteiger partial charge in [0.25, 0.3) is 11.6 Å². The Kier molecular flexibility index (Phi) is 23.6. The maximum atomic E-state index is 15.0. The summed E-state index contributed by atoms with van der Waals surface area (Å²) in [6.45, 7) is 10.0. The highest BCUT2D eigenvalue weighted by Gasteiger charge is 2.72. The largest absolute Gasteiger partial charge is 0.465 e. The van der Waals surface area contributed by atoms with Crippen molar-refractivity contribution in [3.8, 4) is 0 Å². The molecule has 0 aliphatic carbocycles. The molecule has 29 heteroatoms. The quantitative estimate of drug-likeness (QED) is 0.0414. The van der Waals surface area contributed by atoms with Crippen molar-refractivity contribution in [3.63, 3.8) is 0 Å². The van der Waals surface area contributed by atoms with E-state index in [1.54, 1.807) is 54.6 Å². The number of methoxy groups -OCH3 is 1. The van der Waals surface area contributed by atoms with Gasteiger partial charge in [0.1, 0.15) is 55.4 Å². The Labute approximate surface area is 503 Å². The molecule has 0 aromatic heterocycles. The lowest BCUT2D eigenvalue weighted by Crippen LogP contribution is -2.80. The van der Waals surface area contributed by atoms with Gasteiger partial charge in [-0.3, -0.25) is 33.6 Å². The van der Waals surface area contributed by atoms with Gasteiger partial charge in [0.2, 0.25) is 11.8 Å². The van der Waals surface area contributed by atoms with Crippen molar-refractivity contribution in [1.82, 2.24) is 10.6 Å². The smallest absolute Gasteiger partial charge is 0.367 e. The van der Waals surface area contributed by atoms with Gasteiger partial charge >= 0.3 is 29.8 Å². The van der Waals surface area contributed by atoms with Gasteiger partial charge in [-0.1, -0.05) is 80.3 Å². The van der Waals surface area contributed by atoms with E-state index < -0.39 is 190 Å². The van der Waals surface area contributed by atoms with Crippen LogP contribution in [0.1, 0.15) is 72.4 Å². The zero-order valence-electron chi connectivity index (χ0n) is 50.4. The van der Waals surface area contributed by atoms with E-state index in [4.69, 9.17) is 61.6 Å². The molecule has 4 aliphatic rings. The minimum Gasteiger partial charge on any atom is -0.465 e. The zero-order chi connectivity index (χ0) is 64.4. The van der Waals surface area contributed by atoms with E-state index in [1.165, 1.54) is 0 Å². The van der Waals surface area contributed by atoms with Gasteiger partial charge in [-0.2, -0.15) is 0 Å². The Morgan fingerprint density at radius 2 is 1.40 bits per heavy atom. The van der Waals surface area contributed by atoms with E-state index in [0.29, 0.717) is 11.6 Å². The molecule has 2 aromatic carbocycles. The Morgan fingerprint density at radius 1 is 0.793 bits per heavy atom. The highest BCUT2D eigenvalue weighted by atomic mass is 28.3. The van der Waals surface area contributed by atoms with Crippen LogP contribution >= 0.6 is 0 Å². The number of carbonyl (C=O) groups is 9. The number of amides is 2. The second-order valence-electron chi connectivity index (χ2n) is 23.1. The van der Waals surface area contributed by atoms with Crippen molar-refractivity contribution in [3.05, 3.63) is 71.8 Å². The lowest BCUT2D eigenvalue weighted by molar-refractivity contribution is -0.392. The molecule has 4 aliphatic heterocycles. The number of aliphatic hydroxyl groups excluding tert-OH is 2. The van der Waals surface area contributed by atoms with Crippen LogP contribution in [0, 0.1) is 0 Å². The van der Waals surface area contributed by atoms with E-state index in [9.17, 15) is 63.6 Å². The van der Waals surface area contributed by atoms with Gasteiger partial charge in [0, 0.05) is 49.3 Å². The molecule has 87 heavy (non-hydrogen) atoms. The van der Waals surface area contributed by atoms with Crippen LogP contribution in [-0.4, -0.2) is 217 Å². The normalized spacial score (nSPS) is 31.3. The zero-order valence-corrected chi connectivity index (χ0v) is 51.4. The molecule has 0 radical (unpaired) electrons. The third kappa shape index (κ3) is 16.8. The molecule has 17 atom stereocenters. The van der Waals surface area contributed by atoms with Gasteiger partial charge in [0.05, 0.1) is 58.5 Å². The standard InChI is InChI=1S/C58H80N2O26Si/c1-31(62)55(72)30-57(53(70)74-8,85-48-45(69)42(28-75-26-38-18-14-12-15-19-38)82-52(76-22-23-87(9,10)11)49(48)77-27-39-20-16-13-17-21-39)86-51(50(55)60-34(4)65)58(73,32(2)63)43-29-78-54(71)56(83-43)24-40(79-35(5)66)44(59-33(3)64)47(84-56)46(81-37(7)68)41(25-61)80-36(6)67/h12-21,40-52,61,69,72-73H,22-30H2,1-11H3,(H,59,64)(H,60,65)/t40-,41+,42+,43+,44+,45-,46+,47+,48-,49+,50-,51+,52+,55+,56?,57+,58+/m0/s1. The summed E-state index contributed by atoms with van der Waals surface area (Å²) in [6.07, 6.45) is -23.3. The molecule has 1 unspecified atom stereocenters. The molecule has 28 nitrogen and oxygen atoms in total. The van der Waals surface area contributed by atoms with Gasteiger partial charge < -0.3 is 92.6 Å². The minimum atomic E-state index is -3.52. The molecule has 0 bridgehead atoms. The topological polar surface area (TPSA) is 379 Å². The van der Waals surface area contributed by atoms with Crippen molar-refractivity contribution in [2.75, 3.05) is 33.5 Å². The fraction of sp³-hybridized carbons (Fsp3) is 0.638. The first kappa shape index (κ1) is 69.9. The molecule has 4 heterocycles. The predicted octanol–water partition coefficient (Wildman–Crippen LogP) is 0.137. The summed E-state index contributed by atoms with van der Waals surface area (Å²) in [4.78, 5) is 123. The molecular weight excluding hydrogens is 1170 g/mol. The van der Waals surface area contributed by atoms with Gasteiger partial charge in [-0.25, -0.2) is 9.59 Å². The molecule has 4 fully saturated rings. The molecule has 2 aromatic rings. The van der Waals surface area contributed by atoms with E-state index >= 15 is 0 Å². The summed E-state index contributed by atoms with van der Waals surface area (Å²) in [5.74, 6) is -17.0. The number of rotatable bonds is 26. The van der Waals surface area contributed by atoms with E-state index in [-0.39, 0.29) is 26.4 Å². The highest BCUT2D eigenvalue weighted by Crippen LogP contribution is 2.48. The van der Waals surface area contributed by atoms with Crippen LogP contribution in [0.25, 0.3) is 0 Å². The number of Topliss-reactive ketones (excluding diaryl/α,β-unsaturated/α-hetero) is 2. The fourth-order valence-corrected chi connectivity index (χ4v) is 11.6. The number of hydrogen-bond donors (Lipinski definition) is 6. The van der Waals surface area contributed by atoms with Crippen LogP contribution in [0.4, 0.5) is 0 Å². The predicted molar refractivity (Wildman–Crippen MR) is 297 cm³/mol. The third-order valence-corrected chi connectivity index (χ3v) is 16.8. The number of ether oxygens (including phenoxy) is 13. The second kappa shape index (κ2) is 29.4. The summed E-state index contributed by atoms with van der Waals surface area (Å²) in [5, 5.41) is 54.6. The van der Waals surface area contributed by atoms with Crippen molar-refractivity contribution in [1.29, 1.82) is 0 Å². The lowest BCUT2D eigenvalue weighted by atomic mass is 9.70. The number of nitrogens with one attached hydrogen (secondary N) is 2. The van der Waals surface area contributed by atoms with Crippen LogP contribution in [0.15, 0.2) is 60.7 Å². The number of hydrogen-bond acceptors (Lipinski definition) is 26. The maximum Gasteiger partial charge on any atom is 0.367 e. The van der Waals surface area contributed by atoms with E-state index in [0.717, 1.165) is 61.1 Å². The first-order valence-electron chi connectivity index (χ1n) is 28.2. The van der Waals surface area contributed by atoms with Crippen LogP contribution in [0.2, 0.25) is 25.7 Å². The molecule has 482 valence electrons.